The molecule has 31 heavy (non-hydrogen) atoms. The van der Waals surface area contributed by atoms with Crippen LogP contribution in [0.25, 0.3) is 0 Å². The number of aryl methyl sites for hydroxylation is 1. The number of methoxy groups -OCH3 is 2. The molecule has 0 atom stereocenters. The molecule has 9 heteroatoms. The second-order valence-corrected chi connectivity index (χ2v) is 6.83. The van der Waals surface area contributed by atoms with Gasteiger partial charge in [0.05, 0.1) is 20.5 Å². The van der Waals surface area contributed by atoms with Crippen LogP contribution in [-0.2, 0) is 25.9 Å². The molecule has 3 aromatic rings. The average molecular weight is 427 g/mol. The van der Waals surface area contributed by atoms with Gasteiger partial charge in [-0.05, 0) is 36.2 Å². The SMILES string of the molecule is CCc1nncn1CCNC(=NCc1ccco1)NCCc1ccc(OC)c(OC)c1. The molecule has 2 heterocycles. The number of guanidine groups is 1. The van der Waals surface area contributed by atoms with Crippen molar-refractivity contribution in [3.63, 3.8) is 0 Å². The number of rotatable bonds is 11. The highest BCUT2D eigenvalue weighted by atomic mass is 16.5. The van der Waals surface area contributed by atoms with E-state index in [1.807, 2.05) is 34.9 Å². The fourth-order valence-electron chi connectivity index (χ4n) is 3.13. The standard InChI is InChI=1S/C22H30N6O3/c1-4-21-27-26-16-28(21)12-11-24-22(25-15-18-6-5-13-31-18)23-10-9-17-7-8-19(29-2)20(14-17)30-3/h5-8,13-14,16H,4,9-12,15H2,1-3H3,(H2,23,24,25). The van der Waals surface area contributed by atoms with E-state index in [1.165, 1.54) is 0 Å². The topological polar surface area (TPSA) is 98.7 Å². The van der Waals surface area contributed by atoms with E-state index in [4.69, 9.17) is 13.9 Å². The lowest BCUT2D eigenvalue weighted by molar-refractivity contribution is 0.354. The van der Waals surface area contributed by atoms with E-state index in [0.29, 0.717) is 19.6 Å². The van der Waals surface area contributed by atoms with Crippen LogP contribution < -0.4 is 20.1 Å². The zero-order valence-electron chi connectivity index (χ0n) is 18.3. The summed E-state index contributed by atoms with van der Waals surface area (Å²) >= 11 is 0. The monoisotopic (exact) mass is 426 g/mol. The lowest BCUT2D eigenvalue weighted by Gasteiger charge is -2.14. The average Bonchev–Trinajstić information content (AvgIpc) is 3.48. The molecular weight excluding hydrogens is 396 g/mol. The molecule has 0 amide bonds. The molecular formula is C22H30N6O3. The van der Waals surface area contributed by atoms with Crippen LogP contribution >= 0.6 is 0 Å². The van der Waals surface area contributed by atoms with Crippen molar-refractivity contribution in [1.82, 2.24) is 25.4 Å². The molecule has 0 aliphatic heterocycles. The Balaban J connectivity index is 1.56. The second kappa shape index (κ2) is 11.6. The first-order valence-electron chi connectivity index (χ1n) is 10.4. The molecule has 0 aliphatic carbocycles. The Labute approximate surface area is 182 Å². The summed E-state index contributed by atoms with van der Waals surface area (Å²) in [6.45, 7) is 4.70. The Morgan fingerprint density at radius 2 is 1.97 bits per heavy atom. The lowest BCUT2D eigenvalue weighted by Crippen LogP contribution is -2.40. The zero-order valence-corrected chi connectivity index (χ0v) is 18.3. The van der Waals surface area contributed by atoms with E-state index in [9.17, 15) is 0 Å². The number of aliphatic imine (C=N–C) groups is 1. The van der Waals surface area contributed by atoms with Gasteiger partial charge in [0.2, 0.25) is 0 Å². The minimum atomic E-state index is 0.464. The van der Waals surface area contributed by atoms with Crippen LogP contribution in [0, 0.1) is 0 Å². The van der Waals surface area contributed by atoms with Crippen LogP contribution in [0.4, 0.5) is 0 Å². The van der Waals surface area contributed by atoms with Crippen molar-refractivity contribution in [3.8, 4) is 11.5 Å². The summed E-state index contributed by atoms with van der Waals surface area (Å²) in [7, 11) is 3.28. The summed E-state index contributed by atoms with van der Waals surface area (Å²) in [6.07, 6.45) is 5.07. The number of furan rings is 1. The Hall–Kier alpha value is -3.49. The van der Waals surface area contributed by atoms with E-state index in [-0.39, 0.29) is 0 Å². The van der Waals surface area contributed by atoms with Crippen LogP contribution in [0.5, 0.6) is 11.5 Å². The zero-order chi connectivity index (χ0) is 21.9. The van der Waals surface area contributed by atoms with Gasteiger partial charge < -0.3 is 29.1 Å². The smallest absolute Gasteiger partial charge is 0.191 e. The maximum Gasteiger partial charge on any atom is 0.191 e. The van der Waals surface area contributed by atoms with Gasteiger partial charge in [0, 0.05) is 26.1 Å². The minimum absolute atomic E-state index is 0.464. The second-order valence-electron chi connectivity index (χ2n) is 6.83. The third kappa shape index (κ3) is 6.50. The van der Waals surface area contributed by atoms with Gasteiger partial charge in [-0.15, -0.1) is 10.2 Å². The maximum absolute atomic E-state index is 5.39. The highest BCUT2D eigenvalue weighted by Gasteiger charge is 2.06. The fourth-order valence-corrected chi connectivity index (χ4v) is 3.13. The van der Waals surface area contributed by atoms with Gasteiger partial charge in [-0.2, -0.15) is 0 Å². The number of hydrogen-bond acceptors (Lipinski definition) is 6. The van der Waals surface area contributed by atoms with Crippen LogP contribution in [0.1, 0.15) is 24.1 Å². The molecule has 166 valence electrons. The van der Waals surface area contributed by atoms with Crippen LogP contribution in [-0.4, -0.2) is 48.0 Å². The first kappa shape index (κ1) is 22.2. The fraction of sp³-hybridized carbons (Fsp3) is 0.409. The largest absolute Gasteiger partial charge is 0.493 e. The summed E-state index contributed by atoms with van der Waals surface area (Å²) in [5.41, 5.74) is 1.15. The normalized spacial score (nSPS) is 11.4. The van der Waals surface area contributed by atoms with E-state index >= 15 is 0 Å². The molecule has 0 saturated carbocycles. The summed E-state index contributed by atoms with van der Waals surface area (Å²) in [5.74, 6) is 3.96. The third-order valence-electron chi connectivity index (χ3n) is 4.78. The molecule has 0 fully saturated rings. The Morgan fingerprint density at radius 3 is 2.71 bits per heavy atom. The molecule has 0 bridgehead atoms. The molecule has 9 nitrogen and oxygen atoms in total. The van der Waals surface area contributed by atoms with Gasteiger partial charge in [0.25, 0.3) is 0 Å². The molecule has 3 rings (SSSR count). The third-order valence-corrected chi connectivity index (χ3v) is 4.78. The van der Waals surface area contributed by atoms with Crippen LogP contribution in [0.3, 0.4) is 0 Å². The number of ether oxygens (including phenoxy) is 2. The van der Waals surface area contributed by atoms with Crippen molar-refractivity contribution >= 4 is 5.96 Å². The highest BCUT2D eigenvalue weighted by molar-refractivity contribution is 5.79. The number of benzene rings is 1. The molecule has 2 N–H and O–H groups in total. The highest BCUT2D eigenvalue weighted by Crippen LogP contribution is 2.27. The van der Waals surface area contributed by atoms with E-state index in [0.717, 1.165) is 54.0 Å². The van der Waals surface area contributed by atoms with Gasteiger partial charge in [0.15, 0.2) is 17.5 Å². The summed E-state index contributed by atoms with van der Waals surface area (Å²) in [4.78, 5) is 4.64. The van der Waals surface area contributed by atoms with E-state index in [2.05, 4.69) is 32.7 Å². The minimum Gasteiger partial charge on any atom is -0.493 e. The van der Waals surface area contributed by atoms with Crippen LogP contribution in [0.2, 0.25) is 0 Å². The van der Waals surface area contributed by atoms with Crippen LogP contribution in [0.15, 0.2) is 52.3 Å². The van der Waals surface area contributed by atoms with Gasteiger partial charge >= 0.3 is 0 Å². The van der Waals surface area contributed by atoms with E-state index < -0.39 is 0 Å². The van der Waals surface area contributed by atoms with Crippen molar-refractivity contribution in [2.24, 2.45) is 4.99 Å². The maximum atomic E-state index is 5.39. The molecule has 0 unspecified atom stereocenters. The molecule has 0 spiro atoms. The van der Waals surface area contributed by atoms with Crippen molar-refractivity contribution in [2.45, 2.75) is 32.9 Å². The van der Waals surface area contributed by atoms with Gasteiger partial charge in [-0.1, -0.05) is 13.0 Å². The quantitative estimate of drug-likeness (QED) is 0.359. The number of aromatic nitrogens is 3. The van der Waals surface area contributed by atoms with Gasteiger partial charge in [0.1, 0.15) is 24.5 Å². The number of nitrogens with one attached hydrogen (secondary N) is 2. The summed E-state index contributed by atoms with van der Waals surface area (Å²) in [5, 5.41) is 14.9. The van der Waals surface area contributed by atoms with Crippen molar-refractivity contribution in [3.05, 3.63) is 60.1 Å². The molecule has 1 aromatic carbocycles. The van der Waals surface area contributed by atoms with Crippen molar-refractivity contribution < 1.29 is 13.9 Å². The lowest BCUT2D eigenvalue weighted by atomic mass is 10.1. The van der Waals surface area contributed by atoms with E-state index in [1.54, 1.807) is 26.8 Å². The molecule has 0 saturated heterocycles. The number of nitrogens with zero attached hydrogens (tertiary/aromatic N) is 4. The molecule has 0 aliphatic rings. The number of hydrogen-bond donors (Lipinski definition) is 2. The Morgan fingerprint density at radius 1 is 1.13 bits per heavy atom. The Bertz CT molecular complexity index is 952. The molecule has 2 aromatic heterocycles. The Kier molecular flexibility index (Phi) is 8.33. The first-order chi connectivity index (χ1) is 15.2. The van der Waals surface area contributed by atoms with Gasteiger partial charge in [-0.25, -0.2) is 4.99 Å². The predicted molar refractivity (Wildman–Crippen MR) is 119 cm³/mol. The summed E-state index contributed by atoms with van der Waals surface area (Å²) in [6, 6.07) is 9.72. The van der Waals surface area contributed by atoms with Crippen molar-refractivity contribution in [1.29, 1.82) is 0 Å². The molecule has 0 radical (unpaired) electrons. The van der Waals surface area contributed by atoms with Crippen molar-refractivity contribution in [2.75, 3.05) is 27.3 Å². The predicted octanol–water partition coefficient (Wildman–Crippen LogP) is 2.43. The van der Waals surface area contributed by atoms with Gasteiger partial charge in [-0.3, -0.25) is 0 Å². The summed E-state index contributed by atoms with van der Waals surface area (Å²) < 4.78 is 18.1. The first-order valence-corrected chi connectivity index (χ1v) is 10.4.